The van der Waals surface area contributed by atoms with Gasteiger partial charge in [-0.2, -0.15) is 4.39 Å². The molecule has 1 saturated carbocycles. The van der Waals surface area contributed by atoms with Crippen molar-refractivity contribution in [2.45, 2.75) is 40.0 Å². The van der Waals surface area contributed by atoms with Crippen molar-refractivity contribution < 1.29 is 19.1 Å². The molecule has 1 aliphatic rings. The van der Waals surface area contributed by atoms with Crippen LogP contribution in [0.5, 0.6) is 0 Å². The topological polar surface area (TPSA) is 94.6 Å². The second-order valence-corrected chi connectivity index (χ2v) is 9.20. The molecule has 0 unspecified atom stereocenters. The minimum Gasteiger partial charge on any atom is -0.481 e. The van der Waals surface area contributed by atoms with E-state index in [1.807, 2.05) is 18.2 Å². The first kappa shape index (κ1) is 23.5. The summed E-state index contributed by atoms with van der Waals surface area (Å²) in [4.78, 5) is 29.8. The molecule has 2 aromatic rings. The number of carboxylic acid groups (broad SMARTS) is 1. The number of carbonyl (C=O) groups excluding carboxylic acids is 1. The van der Waals surface area contributed by atoms with E-state index >= 15 is 0 Å². The van der Waals surface area contributed by atoms with Crippen molar-refractivity contribution in [2.75, 3.05) is 28.6 Å². The minimum absolute atomic E-state index is 0.0462. The van der Waals surface area contributed by atoms with Crippen LogP contribution in [0, 0.1) is 23.7 Å². The van der Waals surface area contributed by atoms with Gasteiger partial charge in [0.15, 0.2) is 0 Å². The first-order valence-corrected chi connectivity index (χ1v) is 10.9. The Bertz CT molecular complexity index is 952. The van der Waals surface area contributed by atoms with E-state index in [0.717, 1.165) is 24.3 Å². The fourth-order valence-corrected chi connectivity index (χ4v) is 3.88. The predicted molar refractivity (Wildman–Crippen MR) is 124 cm³/mol. The highest BCUT2D eigenvalue weighted by molar-refractivity contribution is 6.02. The van der Waals surface area contributed by atoms with Crippen molar-refractivity contribution in [2.24, 2.45) is 17.8 Å². The van der Waals surface area contributed by atoms with Crippen molar-refractivity contribution in [3.63, 3.8) is 0 Å². The minimum atomic E-state index is -0.795. The van der Waals surface area contributed by atoms with Crippen LogP contribution < -0.4 is 15.5 Å². The van der Waals surface area contributed by atoms with Gasteiger partial charge in [-0.05, 0) is 54.0 Å². The smallest absolute Gasteiger partial charge is 0.323 e. The Morgan fingerprint density at radius 2 is 1.81 bits per heavy atom. The molecule has 1 aliphatic carbocycles. The summed E-state index contributed by atoms with van der Waals surface area (Å²) in [5.74, 6) is -1.01. The van der Waals surface area contributed by atoms with Crippen LogP contribution in [0.2, 0.25) is 0 Å². The molecule has 8 heteroatoms. The number of amides is 2. The van der Waals surface area contributed by atoms with E-state index in [0.29, 0.717) is 29.6 Å². The number of pyridine rings is 1. The number of hydrogen-bond donors (Lipinski definition) is 3. The zero-order valence-corrected chi connectivity index (χ0v) is 18.9. The third-order valence-electron chi connectivity index (χ3n) is 5.30. The number of hydrogen-bond acceptors (Lipinski definition) is 4. The Morgan fingerprint density at radius 1 is 1.12 bits per heavy atom. The first-order valence-electron chi connectivity index (χ1n) is 10.9. The van der Waals surface area contributed by atoms with Gasteiger partial charge in [-0.1, -0.05) is 33.8 Å². The lowest BCUT2D eigenvalue weighted by Crippen LogP contribution is -2.32. The lowest BCUT2D eigenvalue weighted by atomic mass is 10.0. The molecular weight excluding hydrogens is 411 g/mol. The zero-order valence-electron chi connectivity index (χ0n) is 18.9. The van der Waals surface area contributed by atoms with Crippen LogP contribution in [-0.2, 0) is 4.79 Å². The fourth-order valence-electron chi connectivity index (χ4n) is 3.88. The maximum Gasteiger partial charge on any atom is 0.323 e. The van der Waals surface area contributed by atoms with Crippen LogP contribution >= 0.6 is 0 Å². The largest absolute Gasteiger partial charge is 0.481 e. The lowest BCUT2D eigenvalue weighted by Gasteiger charge is -2.30. The average Bonchev–Trinajstić information content (AvgIpc) is 3.50. The molecule has 2 amide bonds. The number of nitrogens with zero attached hydrogens (tertiary/aromatic N) is 2. The standard InChI is InChI=1S/C24H31FN4O3/c1-14(2)12-29(13-15(3)4)21-7-5-16(18-10-19(18)23(30)31)9-20(21)28-24(32)27-17-6-8-22(25)26-11-17/h5-9,11,14-15,18-19H,10,12-13H2,1-4H3,(H,30,31)(H2,27,28,32)/t18-,19-/m0/s1. The molecule has 7 nitrogen and oxygen atoms in total. The molecule has 32 heavy (non-hydrogen) atoms. The van der Waals surface area contributed by atoms with Crippen molar-refractivity contribution in [3.8, 4) is 0 Å². The van der Waals surface area contributed by atoms with Gasteiger partial charge in [0.05, 0.1) is 29.2 Å². The van der Waals surface area contributed by atoms with Crippen molar-refractivity contribution in [3.05, 3.63) is 48.0 Å². The van der Waals surface area contributed by atoms with Gasteiger partial charge in [0, 0.05) is 13.1 Å². The summed E-state index contributed by atoms with van der Waals surface area (Å²) in [6.07, 6.45) is 1.85. The molecule has 1 fully saturated rings. The van der Waals surface area contributed by atoms with Crippen LogP contribution in [0.3, 0.4) is 0 Å². The number of benzene rings is 1. The summed E-state index contributed by atoms with van der Waals surface area (Å²) in [5, 5.41) is 14.9. The van der Waals surface area contributed by atoms with Crippen LogP contribution in [0.4, 0.5) is 26.2 Å². The Labute approximate surface area is 188 Å². The molecule has 0 saturated heterocycles. The molecule has 0 spiro atoms. The number of halogens is 1. The number of carboxylic acids is 1. The van der Waals surface area contributed by atoms with Crippen LogP contribution in [-0.4, -0.2) is 35.2 Å². The van der Waals surface area contributed by atoms with E-state index in [-0.39, 0.29) is 11.8 Å². The molecule has 0 aliphatic heterocycles. The third-order valence-corrected chi connectivity index (χ3v) is 5.30. The summed E-state index contributed by atoms with van der Waals surface area (Å²) in [7, 11) is 0. The maximum atomic E-state index is 13.0. The normalized spacial score (nSPS) is 17.3. The van der Waals surface area contributed by atoms with E-state index in [2.05, 4.69) is 48.2 Å². The highest BCUT2D eigenvalue weighted by atomic mass is 19.1. The fraction of sp³-hybridized carbons (Fsp3) is 0.458. The maximum absolute atomic E-state index is 13.0. The van der Waals surface area contributed by atoms with Gasteiger partial charge in [-0.15, -0.1) is 0 Å². The number of carbonyl (C=O) groups is 2. The number of aromatic nitrogens is 1. The van der Waals surface area contributed by atoms with E-state index in [1.165, 1.54) is 18.3 Å². The summed E-state index contributed by atoms with van der Waals surface area (Å²) >= 11 is 0. The lowest BCUT2D eigenvalue weighted by molar-refractivity contribution is -0.138. The average molecular weight is 443 g/mol. The van der Waals surface area contributed by atoms with E-state index in [4.69, 9.17) is 0 Å². The van der Waals surface area contributed by atoms with E-state index in [9.17, 15) is 19.1 Å². The number of anilines is 3. The highest BCUT2D eigenvalue weighted by Gasteiger charge is 2.44. The van der Waals surface area contributed by atoms with Gasteiger partial charge in [-0.3, -0.25) is 4.79 Å². The number of urea groups is 1. The van der Waals surface area contributed by atoms with Gasteiger partial charge in [-0.25, -0.2) is 9.78 Å². The molecule has 2 atom stereocenters. The molecular formula is C24H31FN4O3. The van der Waals surface area contributed by atoms with Crippen molar-refractivity contribution in [1.29, 1.82) is 0 Å². The molecule has 3 N–H and O–H groups in total. The van der Waals surface area contributed by atoms with Gasteiger partial charge < -0.3 is 20.6 Å². The predicted octanol–water partition coefficient (Wildman–Crippen LogP) is 5.17. The summed E-state index contributed by atoms with van der Waals surface area (Å²) < 4.78 is 13.0. The highest BCUT2D eigenvalue weighted by Crippen LogP contribution is 2.49. The van der Waals surface area contributed by atoms with Crippen LogP contribution in [0.25, 0.3) is 0 Å². The Balaban J connectivity index is 1.88. The molecule has 1 heterocycles. The second-order valence-electron chi connectivity index (χ2n) is 9.20. The Hall–Kier alpha value is -3.16. The Morgan fingerprint density at radius 3 is 2.34 bits per heavy atom. The van der Waals surface area contributed by atoms with Gasteiger partial charge in [0.25, 0.3) is 0 Å². The third kappa shape index (κ3) is 6.18. The molecule has 3 rings (SSSR count). The van der Waals surface area contributed by atoms with Crippen molar-refractivity contribution in [1.82, 2.24) is 4.98 Å². The summed E-state index contributed by atoms with van der Waals surface area (Å²) in [6.45, 7) is 10.2. The SMILES string of the molecule is CC(C)CN(CC(C)C)c1ccc([C@@H]2C[C@@H]2C(=O)O)cc1NC(=O)Nc1ccc(F)nc1. The molecule has 0 radical (unpaired) electrons. The molecule has 172 valence electrons. The number of aliphatic carboxylic acids is 1. The van der Waals surface area contributed by atoms with Crippen LogP contribution in [0.1, 0.15) is 45.6 Å². The van der Waals surface area contributed by atoms with Gasteiger partial charge in [0.2, 0.25) is 5.95 Å². The van der Waals surface area contributed by atoms with Gasteiger partial charge in [0.1, 0.15) is 0 Å². The first-order chi connectivity index (χ1) is 15.1. The summed E-state index contributed by atoms with van der Waals surface area (Å²) in [5.41, 5.74) is 2.77. The van der Waals surface area contributed by atoms with Crippen LogP contribution in [0.15, 0.2) is 36.5 Å². The number of nitrogens with one attached hydrogen (secondary N) is 2. The Kier molecular flexibility index (Phi) is 7.33. The zero-order chi connectivity index (χ0) is 23.4. The second kappa shape index (κ2) is 9.97. The van der Waals surface area contributed by atoms with E-state index < -0.39 is 17.9 Å². The monoisotopic (exact) mass is 442 g/mol. The molecule has 1 aromatic carbocycles. The van der Waals surface area contributed by atoms with Crippen molar-refractivity contribution >= 4 is 29.1 Å². The molecule has 0 bridgehead atoms. The number of rotatable bonds is 9. The van der Waals surface area contributed by atoms with Gasteiger partial charge >= 0.3 is 12.0 Å². The van der Waals surface area contributed by atoms with E-state index in [1.54, 1.807) is 0 Å². The molecule has 1 aromatic heterocycles. The quantitative estimate of drug-likeness (QED) is 0.466. The summed E-state index contributed by atoms with van der Waals surface area (Å²) in [6, 6.07) is 7.93.